The lowest BCUT2D eigenvalue weighted by Crippen LogP contribution is -2.12. The van der Waals surface area contributed by atoms with Crippen molar-refractivity contribution in [1.29, 1.82) is 0 Å². The maximum atomic E-state index is 13.2. The second kappa shape index (κ2) is 4.60. The molecule has 2 rings (SSSR count). The molecule has 1 fully saturated rings. The molecule has 1 N–H and O–H groups in total. The molecule has 0 saturated heterocycles. The number of hydrogen-bond acceptors (Lipinski definition) is 1. The van der Waals surface area contributed by atoms with E-state index in [1.165, 1.54) is 31.7 Å². The number of benzene rings is 1. The number of hydrogen-bond donors (Lipinski definition) is 1. The lowest BCUT2D eigenvalue weighted by atomic mass is 10.1. The molecule has 0 bridgehead atoms. The van der Waals surface area contributed by atoms with E-state index in [0.717, 1.165) is 12.6 Å². The molecule has 1 aliphatic rings. The average Bonchev–Trinajstić information content (AvgIpc) is 2.73. The number of anilines is 1. The van der Waals surface area contributed by atoms with Gasteiger partial charge in [-0.15, -0.1) is 0 Å². The van der Waals surface area contributed by atoms with E-state index in [1.807, 2.05) is 0 Å². The largest absolute Gasteiger partial charge is 0.382 e. The molecule has 3 heteroatoms. The van der Waals surface area contributed by atoms with E-state index in [1.54, 1.807) is 6.07 Å². The van der Waals surface area contributed by atoms with Gasteiger partial charge in [0.25, 0.3) is 0 Å². The van der Waals surface area contributed by atoms with Crippen LogP contribution in [0, 0.1) is 17.6 Å². The lowest BCUT2D eigenvalue weighted by molar-refractivity contribution is 0.508. The third-order valence-corrected chi connectivity index (χ3v) is 3.01. The van der Waals surface area contributed by atoms with Crippen molar-refractivity contribution in [2.45, 2.75) is 25.7 Å². The molecule has 1 aromatic rings. The molecule has 0 radical (unpaired) electrons. The summed E-state index contributed by atoms with van der Waals surface area (Å²) >= 11 is 0. The van der Waals surface area contributed by atoms with Gasteiger partial charge in [-0.3, -0.25) is 0 Å². The van der Waals surface area contributed by atoms with Crippen LogP contribution in [0.4, 0.5) is 14.5 Å². The molecule has 1 saturated carbocycles. The monoisotopic (exact) mass is 211 g/mol. The van der Waals surface area contributed by atoms with Crippen LogP contribution in [0.1, 0.15) is 25.7 Å². The smallest absolute Gasteiger partial charge is 0.181 e. The first-order valence-electron chi connectivity index (χ1n) is 5.45. The van der Waals surface area contributed by atoms with Gasteiger partial charge in [-0.05, 0) is 30.9 Å². The predicted molar refractivity (Wildman–Crippen MR) is 56.8 cm³/mol. The molecule has 0 aliphatic heterocycles. The summed E-state index contributed by atoms with van der Waals surface area (Å²) in [5, 5.41) is 2.98. The second-order valence-corrected chi connectivity index (χ2v) is 4.13. The van der Waals surface area contributed by atoms with Crippen molar-refractivity contribution in [1.82, 2.24) is 0 Å². The number of halogens is 2. The summed E-state index contributed by atoms with van der Waals surface area (Å²) < 4.78 is 26.1. The molecule has 1 nitrogen and oxygen atoms in total. The topological polar surface area (TPSA) is 12.0 Å². The first-order chi connectivity index (χ1) is 7.27. The third kappa shape index (κ3) is 2.46. The Bertz CT molecular complexity index is 332. The zero-order chi connectivity index (χ0) is 10.7. The fourth-order valence-corrected chi connectivity index (χ4v) is 2.11. The van der Waals surface area contributed by atoms with Crippen LogP contribution in [0.5, 0.6) is 0 Å². The maximum absolute atomic E-state index is 13.2. The van der Waals surface area contributed by atoms with Crippen molar-refractivity contribution in [2.24, 2.45) is 5.92 Å². The standard InChI is InChI=1S/C12H15F2N/c13-10-6-3-7-11(12(10)14)15-8-9-4-1-2-5-9/h3,6-7,9,15H,1-2,4-5,8H2. The van der Waals surface area contributed by atoms with E-state index >= 15 is 0 Å². The van der Waals surface area contributed by atoms with E-state index in [0.29, 0.717) is 5.92 Å². The predicted octanol–water partition coefficient (Wildman–Crippen LogP) is 3.57. The van der Waals surface area contributed by atoms with Gasteiger partial charge in [0.1, 0.15) is 0 Å². The van der Waals surface area contributed by atoms with E-state index in [4.69, 9.17) is 0 Å². The summed E-state index contributed by atoms with van der Waals surface area (Å²) in [4.78, 5) is 0. The van der Waals surface area contributed by atoms with E-state index < -0.39 is 11.6 Å². The van der Waals surface area contributed by atoms with Gasteiger partial charge in [0, 0.05) is 6.54 Å². The highest BCUT2D eigenvalue weighted by atomic mass is 19.2. The Balaban J connectivity index is 1.95. The van der Waals surface area contributed by atoms with E-state index in [9.17, 15) is 8.78 Å². The molecule has 15 heavy (non-hydrogen) atoms. The number of rotatable bonds is 3. The zero-order valence-corrected chi connectivity index (χ0v) is 8.60. The van der Waals surface area contributed by atoms with Gasteiger partial charge in [0.15, 0.2) is 11.6 Å². The number of nitrogens with one attached hydrogen (secondary N) is 1. The SMILES string of the molecule is Fc1cccc(NCC2CCCC2)c1F. The van der Waals surface area contributed by atoms with Gasteiger partial charge in [0.2, 0.25) is 0 Å². The quantitative estimate of drug-likeness (QED) is 0.806. The van der Waals surface area contributed by atoms with Gasteiger partial charge in [-0.2, -0.15) is 0 Å². The van der Waals surface area contributed by atoms with Crippen molar-refractivity contribution in [3.63, 3.8) is 0 Å². The van der Waals surface area contributed by atoms with Gasteiger partial charge < -0.3 is 5.32 Å². The van der Waals surface area contributed by atoms with Crippen LogP contribution in [0.3, 0.4) is 0 Å². The van der Waals surface area contributed by atoms with Crippen molar-refractivity contribution in [2.75, 3.05) is 11.9 Å². The van der Waals surface area contributed by atoms with Gasteiger partial charge >= 0.3 is 0 Å². The first kappa shape index (κ1) is 10.4. The summed E-state index contributed by atoms with van der Waals surface area (Å²) in [7, 11) is 0. The molecule has 0 unspecified atom stereocenters. The normalized spacial score (nSPS) is 16.9. The molecule has 0 aromatic heterocycles. The highest BCUT2D eigenvalue weighted by Crippen LogP contribution is 2.25. The van der Waals surface area contributed by atoms with Crippen LogP contribution in [0.15, 0.2) is 18.2 Å². The maximum Gasteiger partial charge on any atom is 0.181 e. The molecule has 0 spiro atoms. The van der Waals surface area contributed by atoms with Gasteiger partial charge in [0.05, 0.1) is 5.69 Å². The second-order valence-electron chi connectivity index (χ2n) is 4.13. The molecule has 0 heterocycles. The summed E-state index contributed by atoms with van der Waals surface area (Å²) in [5.41, 5.74) is 0.280. The third-order valence-electron chi connectivity index (χ3n) is 3.01. The lowest BCUT2D eigenvalue weighted by Gasteiger charge is -2.12. The summed E-state index contributed by atoms with van der Waals surface area (Å²) in [6.45, 7) is 0.750. The summed E-state index contributed by atoms with van der Waals surface area (Å²) in [5.74, 6) is -0.936. The summed E-state index contributed by atoms with van der Waals surface area (Å²) in [6.07, 6.45) is 4.92. The fraction of sp³-hybridized carbons (Fsp3) is 0.500. The minimum atomic E-state index is -0.786. The molecule has 1 aliphatic carbocycles. The van der Waals surface area contributed by atoms with E-state index in [-0.39, 0.29) is 5.69 Å². The minimum Gasteiger partial charge on any atom is -0.382 e. The van der Waals surface area contributed by atoms with Crippen LogP contribution in [0.2, 0.25) is 0 Å². The van der Waals surface area contributed by atoms with Gasteiger partial charge in [-0.25, -0.2) is 8.78 Å². The Morgan fingerprint density at radius 1 is 1.20 bits per heavy atom. The fourth-order valence-electron chi connectivity index (χ4n) is 2.11. The Kier molecular flexibility index (Phi) is 3.19. The Hall–Kier alpha value is -1.12. The molecule has 82 valence electrons. The highest BCUT2D eigenvalue weighted by Gasteiger charge is 2.15. The average molecular weight is 211 g/mol. The van der Waals surface area contributed by atoms with Crippen molar-refractivity contribution in [3.05, 3.63) is 29.8 Å². The van der Waals surface area contributed by atoms with Crippen LogP contribution < -0.4 is 5.32 Å². The van der Waals surface area contributed by atoms with Crippen molar-refractivity contribution in [3.8, 4) is 0 Å². The van der Waals surface area contributed by atoms with Crippen LogP contribution in [0.25, 0.3) is 0 Å². The molecule has 0 amide bonds. The Labute approximate surface area is 88.5 Å². The van der Waals surface area contributed by atoms with Gasteiger partial charge in [-0.1, -0.05) is 18.9 Å². The van der Waals surface area contributed by atoms with Crippen LogP contribution in [-0.2, 0) is 0 Å². The zero-order valence-electron chi connectivity index (χ0n) is 8.60. The van der Waals surface area contributed by atoms with Crippen molar-refractivity contribution >= 4 is 5.69 Å². The molecule has 0 atom stereocenters. The Morgan fingerprint density at radius 2 is 1.93 bits per heavy atom. The van der Waals surface area contributed by atoms with Crippen LogP contribution in [-0.4, -0.2) is 6.54 Å². The first-order valence-corrected chi connectivity index (χ1v) is 5.45. The van der Waals surface area contributed by atoms with Crippen LogP contribution >= 0.6 is 0 Å². The molecular formula is C12H15F2N. The van der Waals surface area contributed by atoms with Crippen molar-refractivity contribution < 1.29 is 8.78 Å². The molecular weight excluding hydrogens is 196 g/mol. The summed E-state index contributed by atoms with van der Waals surface area (Å²) in [6, 6.07) is 4.23. The Morgan fingerprint density at radius 3 is 2.67 bits per heavy atom. The van der Waals surface area contributed by atoms with E-state index in [2.05, 4.69) is 5.32 Å². The highest BCUT2D eigenvalue weighted by molar-refractivity contribution is 5.44. The molecule has 1 aromatic carbocycles. The minimum absolute atomic E-state index is 0.280.